The van der Waals surface area contributed by atoms with E-state index in [1.165, 1.54) is 14.7 Å². The molecular formula is C36H51F17N6O11. The maximum atomic E-state index is 14.4. The highest BCUT2D eigenvalue weighted by molar-refractivity contribution is 5.99. The van der Waals surface area contributed by atoms with Crippen LogP contribution in [0.15, 0.2) is 0 Å². The van der Waals surface area contributed by atoms with Gasteiger partial charge in [0.1, 0.15) is 5.92 Å². The van der Waals surface area contributed by atoms with Gasteiger partial charge in [0.05, 0.1) is 52.7 Å². The first-order valence-electron chi connectivity index (χ1n) is 20.4. The normalized spacial score (nSPS) is 17.4. The summed E-state index contributed by atoms with van der Waals surface area (Å²) in [7, 11) is 0. The van der Waals surface area contributed by atoms with Gasteiger partial charge >= 0.3 is 65.5 Å². The number of carboxylic acid groups (broad SMARTS) is 3. The maximum absolute atomic E-state index is 14.4. The molecule has 0 bridgehead atoms. The smallest absolute Gasteiger partial charge is 0.460 e. The summed E-state index contributed by atoms with van der Waals surface area (Å²) in [5, 5.41) is 39.5. The third kappa shape index (κ3) is 16.5. The largest absolute Gasteiger partial charge is 0.480 e. The number of aliphatic carboxylic acids is 3. The molecule has 70 heavy (non-hydrogen) atoms. The van der Waals surface area contributed by atoms with Crippen LogP contribution in [0.1, 0.15) is 13.3 Å². The van der Waals surface area contributed by atoms with Gasteiger partial charge in [0.25, 0.3) is 0 Å². The summed E-state index contributed by atoms with van der Waals surface area (Å²) in [5.74, 6) is -64.7. The monoisotopic (exact) mass is 1070 g/mol. The van der Waals surface area contributed by atoms with Gasteiger partial charge in [-0.1, -0.05) is 0 Å². The van der Waals surface area contributed by atoms with Gasteiger partial charge < -0.3 is 40.1 Å². The van der Waals surface area contributed by atoms with E-state index in [1.54, 1.807) is 4.90 Å². The Morgan fingerprint density at radius 1 is 0.529 bits per heavy atom. The highest BCUT2D eigenvalue weighted by Crippen LogP contribution is 2.64. The Hall–Kier alpha value is -4.12. The van der Waals surface area contributed by atoms with Gasteiger partial charge in [-0.15, -0.1) is 0 Å². The number of amides is 2. The molecule has 0 saturated carbocycles. The Morgan fingerprint density at radius 3 is 1.23 bits per heavy atom. The first kappa shape index (κ1) is 63.9. The molecule has 0 aromatic carbocycles. The van der Waals surface area contributed by atoms with Gasteiger partial charge in [0.15, 0.2) is 0 Å². The van der Waals surface area contributed by atoms with Crippen molar-refractivity contribution in [3.63, 3.8) is 0 Å². The van der Waals surface area contributed by atoms with Crippen LogP contribution in [0.5, 0.6) is 0 Å². The minimum Gasteiger partial charge on any atom is -0.480 e. The van der Waals surface area contributed by atoms with E-state index in [1.807, 2.05) is 0 Å². The molecule has 2 amide bonds. The molecule has 1 atom stereocenters. The zero-order chi connectivity index (χ0) is 54.3. The standard InChI is InChI=1S/C36H51F17N6O11/c1-23(27(67)54-3-4-55-5-7-56(20-24(61)62)9-11-58(22-26(65)66)12-10-57(8-6-55)21-25(63)64)28(68)59(14-18-70-19-15-60)13-17-69-16-2-29(37,38)30(39,40)31(41,42)32(43,44)33(45,46)34(47,48)35(49,50)36(51,52)53/h23,60H,2-22H2,1H3,(H,54,67)(H,61,62)(H,63,64)(H,65,66). The van der Waals surface area contributed by atoms with Gasteiger partial charge in [-0.3, -0.25) is 43.6 Å². The van der Waals surface area contributed by atoms with Crippen molar-refractivity contribution >= 4 is 29.7 Å². The Bertz CT molecular complexity index is 1690. The lowest BCUT2D eigenvalue weighted by Gasteiger charge is -2.42. The Labute approximate surface area is 386 Å². The first-order valence-corrected chi connectivity index (χ1v) is 20.4. The van der Waals surface area contributed by atoms with Crippen molar-refractivity contribution in [2.45, 2.75) is 61.0 Å². The van der Waals surface area contributed by atoms with Crippen LogP contribution in [0.25, 0.3) is 0 Å². The molecule has 17 nitrogen and oxygen atoms in total. The molecule has 1 fully saturated rings. The third-order valence-electron chi connectivity index (χ3n) is 10.4. The quantitative estimate of drug-likeness (QED) is 0.0433. The molecule has 34 heteroatoms. The number of rotatable bonds is 28. The highest BCUT2D eigenvalue weighted by atomic mass is 19.4. The predicted octanol–water partition coefficient (Wildman–Crippen LogP) is 2.47. The fraction of sp³-hybridized carbons (Fsp3) is 0.861. The predicted molar refractivity (Wildman–Crippen MR) is 201 cm³/mol. The number of carboxylic acids is 3. The lowest BCUT2D eigenvalue weighted by Crippen LogP contribution is -2.74. The van der Waals surface area contributed by atoms with Crippen LogP contribution < -0.4 is 5.32 Å². The molecule has 1 unspecified atom stereocenters. The molecule has 0 spiro atoms. The number of nitrogens with one attached hydrogen (secondary N) is 1. The number of nitrogens with zero attached hydrogens (tertiary/aromatic N) is 5. The highest BCUT2D eigenvalue weighted by Gasteiger charge is 2.95. The van der Waals surface area contributed by atoms with E-state index in [0.29, 0.717) is 0 Å². The molecule has 0 aliphatic carbocycles. The number of hydrogen-bond donors (Lipinski definition) is 5. The fourth-order valence-electron chi connectivity index (χ4n) is 6.23. The lowest BCUT2D eigenvalue weighted by atomic mass is 9.88. The number of carbonyl (C=O) groups is 5. The second kappa shape index (κ2) is 26.0. The molecule has 410 valence electrons. The minimum atomic E-state index is -8.77. The van der Waals surface area contributed by atoms with Crippen LogP contribution in [-0.2, 0) is 33.4 Å². The molecule has 1 heterocycles. The second-order valence-corrected chi connectivity index (χ2v) is 15.5. The third-order valence-corrected chi connectivity index (χ3v) is 10.4. The number of alkyl halides is 17. The van der Waals surface area contributed by atoms with E-state index in [-0.39, 0.29) is 72.1 Å². The summed E-state index contributed by atoms with van der Waals surface area (Å²) < 4.78 is 241. The van der Waals surface area contributed by atoms with Crippen LogP contribution in [-0.4, -0.2) is 253 Å². The Balaban J connectivity index is 3.10. The van der Waals surface area contributed by atoms with Gasteiger partial charge in [-0.25, -0.2) is 0 Å². The van der Waals surface area contributed by atoms with Crippen LogP contribution in [0.3, 0.4) is 0 Å². The minimum absolute atomic E-state index is 0.0162. The zero-order valence-corrected chi connectivity index (χ0v) is 36.7. The van der Waals surface area contributed by atoms with Crippen LogP contribution in [0, 0.1) is 5.92 Å². The fourth-order valence-corrected chi connectivity index (χ4v) is 6.23. The SMILES string of the molecule is CC(C(=O)NCCN1CCN(CC(=O)O)CCN(CC(=O)O)CCN(CC(=O)O)CC1)C(=O)N(CCOCCO)CCOCCC(F)(F)C(F)(F)C(F)(F)C(F)(F)C(F)(F)C(F)(F)C(F)(F)C(F)(F)F. The maximum Gasteiger partial charge on any atom is 0.460 e. The summed E-state index contributed by atoms with van der Waals surface area (Å²) in [5.41, 5.74) is 0. The molecule has 1 aliphatic heterocycles. The summed E-state index contributed by atoms with van der Waals surface area (Å²) in [4.78, 5) is 67.9. The average molecular weight is 1070 g/mol. The van der Waals surface area contributed by atoms with E-state index in [0.717, 1.165) is 11.8 Å². The number of aliphatic hydroxyl groups excluding tert-OH is 1. The summed E-state index contributed by atoms with van der Waals surface area (Å²) in [6, 6.07) is 0. The zero-order valence-electron chi connectivity index (χ0n) is 36.7. The van der Waals surface area contributed by atoms with Crippen molar-refractivity contribution in [3.8, 4) is 0 Å². The summed E-state index contributed by atoms with van der Waals surface area (Å²) in [6.07, 6.45) is -10.7. The van der Waals surface area contributed by atoms with Gasteiger partial charge in [0.2, 0.25) is 11.8 Å². The topological polar surface area (TPSA) is 213 Å². The van der Waals surface area contributed by atoms with E-state index < -0.39 is 149 Å². The Morgan fingerprint density at radius 2 is 0.871 bits per heavy atom. The van der Waals surface area contributed by atoms with Crippen LogP contribution >= 0.6 is 0 Å². The van der Waals surface area contributed by atoms with Crippen molar-refractivity contribution in [3.05, 3.63) is 0 Å². The molecule has 1 rings (SSSR count). The van der Waals surface area contributed by atoms with E-state index in [4.69, 9.17) is 9.84 Å². The number of hydrogen-bond acceptors (Lipinski definition) is 12. The second-order valence-electron chi connectivity index (χ2n) is 15.5. The summed E-state index contributed by atoms with van der Waals surface area (Å²) in [6.45, 7) is -5.09. The van der Waals surface area contributed by atoms with Crippen LogP contribution in [0.2, 0.25) is 0 Å². The van der Waals surface area contributed by atoms with Crippen LogP contribution in [0.4, 0.5) is 74.6 Å². The molecule has 1 aliphatic rings. The van der Waals surface area contributed by atoms with Gasteiger partial charge in [-0.05, 0) is 6.92 Å². The average Bonchev–Trinajstić information content (AvgIpc) is 3.22. The van der Waals surface area contributed by atoms with E-state index >= 15 is 0 Å². The molecule has 0 radical (unpaired) electrons. The Kier molecular flexibility index (Phi) is 23.7. The first-order chi connectivity index (χ1) is 31.9. The van der Waals surface area contributed by atoms with E-state index in [9.17, 15) is 114 Å². The number of aliphatic hydroxyl groups is 1. The van der Waals surface area contributed by atoms with Crippen molar-refractivity contribution in [1.82, 2.24) is 29.8 Å². The van der Waals surface area contributed by atoms with Gasteiger partial charge in [0, 0.05) is 85.0 Å². The molecule has 5 N–H and O–H groups in total. The van der Waals surface area contributed by atoms with Crippen molar-refractivity contribution in [2.24, 2.45) is 5.92 Å². The van der Waals surface area contributed by atoms with Crippen molar-refractivity contribution in [1.29, 1.82) is 0 Å². The van der Waals surface area contributed by atoms with Gasteiger partial charge in [-0.2, -0.15) is 74.6 Å². The summed E-state index contributed by atoms with van der Waals surface area (Å²) >= 11 is 0. The molecule has 1 saturated heterocycles. The molecule has 0 aromatic rings. The number of ether oxygens (including phenoxy) is 2. The van der Waals surface area contributed by atoms with E-state index in [2.05, 4.69) is 10.1 Å². The molecular weight excluding hydrogens is 1020 g/mol. The number of halogens is 17. The van der Waals surface area contributed by atoms with Crippen molar-refractivity contribution < 1.29 is 129 Å². The number of carbonyl (C=O) groups excluding carboxylic acids is 2. The lowest BCUT2D eigenvalue weighted by molar-refractivity contribution is -0.462. The van der Waals surface area contributed by atoms with Crippen molar-refractivity contribution in [2.75, 3.05) is 131 Å². The molecule has 0 aromatic heterocycles.